The Balaban J connectivity index is 0.000000269. The van der Waals surface area contributed by atoms with Crippen molar-refractivity contribution in [3.05, 3.63) is 34.5 Å². The molecule has 1 aromatic carbocycles. The second-order valence-corrected chi connectivity index (χ2v) is 10.7. The van der Waals surface area contributed by atoms with E-state index in [0.717, 1.165) is 13.0 Å². The summed E-state index contributed by atoms with van der Waals surface area (Å²) in [4.78, 5) is 13.9. The van der Waals surface area contributed by atoms with E-state index in [4.69, 9.17) is 16.7 Å². The van der Waals surface area contributed by atoms with E-state index in [1.165, 1.54) is 51.0 Å². The van der Waals surface area contributed by atoms with Gasteiger partial charge >= 0.3 is 5.97 Å². The largest absolute Gasteiger partial charge is 0.478 e. The van der Waals surface area contributed by atoms with E-state index >= 15 is 0 Å². The number of carbonyl (C=O) groups is 1. The molecule has 1 aliphatic carbocycles. The van der Waals surface area contributed by atoms with E-state index in [-0.39, 0.29) is 36.3 Å². The summed E-state index contributed by atoms with van der Waals surface area (Å²) in [5, 5.41) is 32.8. The Bertz CT molecular complexity index is 970. The maximum Gasteiger partial charge on any atom is 0.337 e. The summed E-state index contributed by atoms with van der Waals surface area (Å²) < 4.78 is 26.1. The van der Waals surface area contributed by atoms with Crippen molar-refractivity contribution in [2.24, 2.45) is 0 Å². The monoisotopic (exact) mass is 544 g/mol. The van der Waals surface area contributed by atoms with Crippen LogP contribution in [0.4, 0.5) is 8.78 Å². The fourth-order valence-electron chi connectivity index (χ4n) is 4.68. The molecule has 210 valence electrons. The van der Waals surface area contributed by atoms with Crippen LogP contribution in [0.1, 0.15) is 113 Å². The van der Waals surface area contributed by atoms with Crippen LogP contribution < -0.4 is 5.32 Å². The maximum absolute atomic E-state index is 13.1. The number of carboxylic acids is 1. The second-order valence-electron chi connectivity index (χ2n) is 10.3. The molecular weight excluding hydrogens is 502 g/mol. The van der Waals surface area contributed by atoms with E-state index in [0.29, 0.717) is 23.0 Å². The molecule has 0 radical (unpaired) electrons. The summed E-state index contributed by atoms with van der Waals surface area (Å²) in [7, 11) is 0. The molecule has 9 heteroatoms. The maximum atomic E-state index is 13.1. The SMILES string of the molecule is CC(O)c1cc(C(=O)O)c(Cl)c2cc[nH]c12.CCCCCCCCCCNCC1(O)CCC(F)(F)CC1. The van der Waals surface area contributed by atoms with Crippen molar-refractivity contribution in [2.45, 2.75) is 109 Å². The molecule has 1 aliphatic rings. The van der Waals surface area contributed by atoms with E-state index in [2.05, 4.69) is 17.2 Å². The first-order valence-electron chi connectivity index (χ1n) is 13.5. The number of aliphatic hydroxyl groups excluding tert-OH is 1. The Morgan fingerprint density at radius 2 is 1.70 bits per heavy atom. The van der Waals surface area contributed by atoms with Gasteiger partial charge in [-0.1, -0.05) is 63.5 Å². The number of halogens is 3. The van der Waals surface area contributed by atoms with Crippen LogP contribution in [0, 0.1) is 0 Å². The van der Waals surface area contributed by atoms with Gasteiger partial charge in [-0.2, -0.15) is 0 Å². The minimum absolute atomic E-state index is 0.00432. The topological polar surface area (TPSA) is 106 Å². The average molecular weight is 545 g/mol. The van der Waals surface area contributed by atoms with Gasteiger partial charge in [-0.3, -0.25) is 0 Å². The van der Waals surface area contributed by atoms with Gasteiger partial charge in [0.1, 0.15) is 0 Å². The van der Waals surface area contributed by atoms with Crippen LogP contribution in [-0.4, -0.2) is 50.9 Å². The number of fused-ring (bicyclic) bond motifs is 1. The first-order valence-corrected chi connectivity index (χ1v) is 13.9. The van der Waals surface area contributed by atoms with Gasteiger partial charge in [0.2, 0.25) is 5.92 Å². The van der Waals surface area contributed by atoms with Crippen molar-refractivity contribution in [1.82, 2.24) is 10.3 Å². The highest BCUT2D eigenvalue weighted by Gasteiger charge is 2.41. The molecule has 1 atom stereocenters. The third-order valence-corrected chi connectivity index (χ3v) is 7.47. The minimum atomic E-state index is -2.57. The second kappa shape index (κ2) is 15.0. The Hall–Kier alpha value is -1.74. The number of aromatic carboxylic acids is 1. The van der Waals surface area contributed by atoms with Crippen LogP contribution in [0.15, 0.2) is 18.3 Å². The first-order chi connectivity index (χ1) is 17.5. The number of aromatic nitrogens is 1. The summed E-state index contributed by atoms with van der Waals surface area (Å²) >= 11 is 5.97. The Labute approximate surface area is 223 Å². The third kappa shape index (κ3) is 10.2. The number of aromatic amines is 1. The molecule has 0 spiro atoms. The number of hydrogen-bond acceptors (Lipinski definition) is 4. The molecule has 0 bridgehead atoms. The zero-order valence-electron chi connectivity index (χ0n) is 22.1. The van der Waals surface area contributed by atoms with Crippen molar-refractivity contribution in [2.75, 3.05) is 13.1 Å². The van der Waals surface area contributed by atoms with Crippen molar-refractivity contribution >= 4 is 28.5 Å². The molecule has 1 unspecified atom stereocenters. The van der Waals surface area contributed by atoms with Crippen LogP contribution >= 0.6 is 11.6 Å². The summed E-state index contributed by atoms with van der Waals surface area (Å²) in [6.45, 7) is 5.15. The number of nitrogens with one attached hydrogen (secondary N) is 2. The van der Waals surface area contributed by atoms with Crippen LogP contribution in [0.3, 0.4) is 0 Å². The number of H-pyrrole nitrogens is 1. The van der Waals surface area contributed by atoms with Crippen LogP contribution in [0.25, 0.3) is 10.9 Å². The molecule has 1 fully saturated rings. The Morgan fingerprint density at radius 3 is 2.27 bits per heavy atom. The number of benzene rings is 1. The van der Waals surface area contributed by atoms with Gasteiger partial charge in [0.05, 0.1) is 27.8 Å². The molecular formula is C28H43ClF2N2O4. The highest BCUT2D eigenvalue weighted by Crippen LogP contribution is 2.38. The molecule has 3 rings (SSSR count). The molecule has 1 heterocycles. The quantitative estimate of drug-likeness (QED) is 0.171. The number of hydrogen-bond donors (Lipinski definition) is 5. The fourth-order valence-corrected chi connectivity index (χ4v) is 4.97. The molecule has 0 aliphatic heterocycles. The summed E-state index contributed by atoms with van der Waals surface area (Å²) in [5.74, 6) is -3.67. The molecule has 2 aromatic rings. The van der Waals surface area contributed by atoms with Crippen LogP contribution in [0.2, 0.25) is 5.02 Å². The van der Waals surface area contributed by atoms with Crippen molar-refractivity contribution < 1.29 is 28.9 Å². The van der Waals surface area contributed by atoms with Crippen LogP contribution in [-0.2, 0) is 0 Å². The number of aliphatic hydroxyl groups is 2. The van der Waals surface area contributed by atoms with Gasteiger partial charge in [0.15, 0.2) is 0 Å². The highest BCUT2D eigenvalue weighted by atomic mass is 35.5. The van der Waals surface area contributed by atoms with Crippen molar-refractivity contribution in [3.63, 3.8) is 0 Å². The lowest BCUT2D eigenvalue weighted by Crippen LogP contribution is -2.46. The summed E-state index contributed by atoms with van der Waals surface area (Å²) in [6, 6.07) is 3.09. The normalized spacial score (nSPS) is 17.3. The lowest BCUT2D eigenvalue weighted by atomic mass is 9.83. The van der Waals surface area contributed by atoms with E-state index in [9.17, 15) is 23.8 Å². The van der Waals surface area contributed by atoms with Crippen molar-refractivity contribution in [3.8, 4) is 0 Å². The van der Waals surface area contributed by atoms with Crippen LogP contribution in [0.5, 0.6) is 0 Å². The predicted octanol–water partition coefficient (Wildman–Crippen LogP) is 7.23. The molecule has 1 saturated carbocycles. The molecule has 5 N–H and O–H groups in total. The van der Waals surface area contributed by atoms with Gasteiger partial charge in [0.25, 0.3) is 0 Å². The lowest BCUT2D eigenvalue weighted by Gasteiger charge is -2.36. The summed E-state index contributed by atoms with van der Waals surface area (Å²) in [5.41, 5.74) is 0.290. The minimum Gasteiger partial charge on any atom is -0.478 e. The number of alkyl halides is 2. The van der Waals surface area contributed by atoms with E-state index < -0.39 is 23.6 Å². The fraction of sp³-hybridized carbons (Fsp3) is 0.679. The molecule has 0 saturated heterocycles. The zero-order chi connectivity index (χ0) is 27.5. The predicted molar refractivity (Wildman–Crippen MR) is 145 cm³/mol. The van der Waals surface area contributed by atoms with Crippen molar-refractivity contribution in [1.29, 1.82) is 0 Å². The smallest absolute Gasteiger partial charge is 0.337 e. The number of unbranched alkanes of at least 4 members (excludes halogenated alkanes) is 7. The van der Waals surface area contributed by atoms with Gasteiger partial charge in [0, 0.05) is 36.5 Å². The van der Waals surface area contributed by atoms with Gasteiger partial charge in [-0.05, 0) is 44.9 Å². The molecule has 6 nitrogen and oxygen atoms in total. The van der Waals surface area contributed by atoms with E-state index in [1.807, 2.05) is 0 Å². The molecule has 0 amide bonds. The van der Waals surface area contributed by atoms with Gasteiger partial charge < -0.3 is 25.6 Å². The average Bonchev–Trinajstić information content (AvgIpc) is 3.33. The Morgan fingerprint density at radius 1 is 1.11 bits per heavy atom. The molecule has 1 aromatic heterocycles. The zero-order valence-corrected chi connectivity index (χ0v) is 22.8. The Kier molecular flexibility index (Phi) is 12.8. The number of rotatable bonds is 13. The third-order valence-electron chi connectivity index (χ3n) is 7.06. The van der Waals surface area contributed by atoms with Gasteiger partial charge in [-0.15, -0.1) is 0 Å². The number of carboxylic acid groups (broad SMARTS) is 1. The summed E-state index contributed by atoms with van der Waals surface area (Å²) in [6.07, 6.45) is 11.2. The standard InChI is InChI=1S/C17H33F2NO.C11H10ClNO3/c1-2-3-4-5-6-7-8-9-14-20-15-16(21)10-12-17(18,19)13-11-16;1-5(14)7-4-8(11(15)16)9(12)6-2-3-13-10(6)7/h20-21H,2-15H2,1H3;2-5,13-14H,1H3,(H,15,16). The van der Waals surface area contributed by atoms with E-state index in [1.54, 1.807) is 19.2 Å². The van der Waals surface area contributed by atoms with Gasteiger partial charge in [-0.25, -0.2) is 13.6 Å². The lowest BCUT2D eigenvalue weighted by molar-refractivity contribution is -0.102. The first kappa shape index (κ1) is 31.5. The highest BCUT2D eigenvalue weighted by molar-refractivity contribution is 6.38. The molecule has 37 heavy (non-hydrogen) atoms.